The van der Waals surface area contributed by atoms with Crippen LogP contribution in [0.4, 0.5) is 20.2 Å². The molecule has 0 fully saturated rings. The molecular formula is C18H20ClF2N3O2S. The number of nitrogens with zero attached hydrogens (tertiary/aromatic N) is 2. The van der Waals surface area contributed by atoms with Crippen molar-refractivity contribution < 1.29 is 17.2 Å². The lowest BCUT2D eigenvalue weighted by molar-refractivity contribution is 0.388. The highest BCUT2D eigenvalue weighted by Gasteiger charge is 2.39. The Bertz CT molecular complexity index is 920. The van der Waals surface area contributed by atoms with Gasteiger partial charge in [-0.3, -0.25) is 0 Å². The van der Waals surface area contributed by atoms with Crippen LogP contribution in [0.15, 0.2) is 36.4 Å². The van der Waals surface area contributed by atoms with Crippen LogP contribution in [0.2, 0.25) is 5.02 Å². The molecule has 146 valence electrons. The van der Waals surface area contributed by atoms with E-state index in [9.17, 15) is 17.2 Å². The number of rotatable bonds is 6. The number of nitrogens with one attached hydrogen (secondary N) is 1. The fourth-order valence-electron chi connectivity index (χ4n) is 3.09. The molecule has 0 radical (unpaired) electrons. The van der Waals surface area contributed by atoms with Crippen LogP contribution in [0.3, 0.4) is 0 Å². The summed E-state index contributed by atoms with van der Waals surface area (Å²) in [4.78, 5) is 0. The number of fused-ring (bicyclic) bond motifs is 1. The molecule has 0 atom stereocenters. The van der Waals surface area contributed by atoms with Crippen LogP contribution in [0.5, 0.6) is 0 Å². The van der Waals surface area contributed by atoms with Crippen molar-refractivity contribution in [3.63, 3.8) is 0 Å². The summed E-state index contributed by atoms with van der Waals surface area (Å²) in [5.41, 5.74) is 0.185. The molecule has 1 aliphatic rings. The first-order chi connectivity index (χ1) is 12.9. The summed E-state index contributed by atoms with van der Waals surface area (Å²) in [7, 11) is -2.33. The third-order valence-corrected chi connectivity index (χ3v) is 6.43. The van der Waals surface area contributed by atoms with E-state index in [0.29, 0.717) is 17.0 Å². The van der Waals surface area contributed by atoms with Crippen LogP contribution < -0.4 is 9.62 Å². The Morgan fingerprint density at radius 3 is 2.52 bits per heavy atom. The van der Waals surface area contributed by atoms with E-state index in [-0.39, 0.29) is 18.8 Å². The number of hydrogen-bond acceptors (Lipinski definition) is 3. The normalized spacial score (nSPS) is 16.4. The molecule has 0 saturated carbocycles. The molecular weight excluding hydrogens is 396 g/mol. The molecule has 0 bridgehead atoms. The molecule has 1 heterocycles. The van der Waals surface area contributed by atoms with Crippen molar-refractivity contribution in [3.05, 3.63) is 58.6 Å². The molecule has 0 amide bonds. The Morgan fingerprint density at radius 1 is 1.15 bits per heavy atom. The van der Waals surface area contributed by atoms with Gasteiger partial charge >= 0.3 is 10.2 Å². The van der Waals surface area contributed by atoms with Crippen LogP contribution in [0.1, 0.15) is 18.4 Å². The average Bonchev–Trinajstić information content (AvgIpc) is 2.61. The predicted molar refractivity (Wildman–Crippen MR) is 102 cm³/mol. The topological polar surface area (TPSA) is 52.6 Å². The van der Waals surface area contributed by atoms with E-state index < -0.39 is 27.5 Å². The van der Waals surface area contributed by atoms with Gasteiger partial charge in [0.15, 0.2) is 11.6 Å². The molecule has 0 saturated heterocycles. The monoisotopic (exact) mass is 415 g/mol. The van der Waals surface area contributed by atoms with Crippen molar-refractivity contribution in [2.75, 3.05) is 24.4 Å². The van der Waals surface area contributed by atoms with Crippen LogP contribution in [0, 0.1) is 11.6 Å². The van der Waals surface area contributed by atoms with E-state index in [2.05, 4.69) is 5.32 Å². The second-order valence-corrected chi connectivity index (χ2v) is 8.47. The van der Waals surface area contributed by atoms with E-state index in [1.54, 1.807) is 6.07 Å². The largest absolute Gasteiger partial charge is 0.320 e. The molecule has 0 aromatic heterocycles. The first-order valence-corrected chi connectivity index (χ1v) is 10.3. The Balaban J connectivity index is 2.09. The van der Waals surface area contributed by atoms with Gasteiger partial charge in [0.25, 0.3) is 0 Å². The molecule has 1 N–H and O–H groups in total. The molecule has 3 rings (SSSR count). The van der Waals surface area contributed by atoms with Gasteiger partial charge in [0.2, 0.25) is 0 Å². The van der Waals surface area contributed by atoms with E-state index in [1.807, 2.05) is 7.05 Å². The lowest BCUT2D eigenvalue weighted by atomic mass is 10.1. The van der Waals surface area contributed by atoms with E-state index in [4.69, 9.17) is 11.6 Å². The number of hydrogen-bond donors (Lipinski definition) is 1. The van der Waals surface area contributed by atoms with Crippen LogP contribution >= 0.6 is 11.6 Å². The molecule has 9 heteroatoms. The molecule has 0 aliphatic carbocycles. The Morgan fingerprint density at radius 2 is 1.85 bits per heavy atom. The van der Waals surface area contributed by atoms with Gasteiger partial charge < -0.3 is 5.32 Å². The zero-order valence-corrected chi connectivity index (χ0v) is 16.3. The first kappa shape index (κ1) is 20.0. The smallest absolute Gasteiger partial charge is 0.308 e. The summed E-state index contributed by atoms with van der Waals surface area (Å²) in [6.07, 6.45) is 1.39. The number of benzene rings is 2. The van der Waals surface area contributed by atoms with E-state index in [1.165, 1.54) is 22.5 Å². The summed E-state index contributed by atoms with van der Waals surface area (Å²) in [6.45, 7) is 1.09. The zero-order chi connectivity index (χ0) is 19.6. The van der Waals surface area contributed by atoms with Crippen molar-refractivity contribution in [2.24, 2.45) is 0 Å². The maximum atomic E-state index is 14.4. The van der Waals surface area contributed by atoms with Gasteiger partial charge in [-0.2, -0.15) is 12.7 Å². The minimum absolute atomic E-state index is 0.102. The molecule has 2 aromatic rings. The zero-order valence-electron chi connectivity index (χ0n) is 14.8. The van der Waals surface area contributed by atoms with Gasteiger partial charge in [0.05, 0.1) is 5.69 Å². The van der Waals surface area contributed by atoms with Crippen molar-refractivity contribution >= 4 is 33.2 Å². The molecule has 0 unspecified atom stereocenters. The number of unbranched alkanes of at least 4 members (excludes halogenated alkanes) is 1. The van der Waals surface area contributed by atoms with Crippen molar-refractivity contribution in [2.45, 2.75) is 19.4 Å². The molecule has 2 aromatic carbocycles. The SMILES string of the molecule is CNCCCCN1Cc2cc(Cl)ccc2N(c2c(F)cccc2F)S1(=O)=O. The summed E-state index contributed by atoms with van der Waals surface area (Å²) in [5.74, 6) is -1.90. The standard InChI is InChI=1S/C18H20ClF2N3O2S/c1-22-9-2-3-10-23-12-13-11-14(19)7-8-17(13)24(27(23,25)26)18-15(20)5-4-6-16(18)21/h4-8,11,22H,2-3,9-10,12H2,1H3. The highest BCUT2D eigenvalue weighted by Crippen LogP contribution is 2.41. The van der Waals surface area contributed by atoms with Crippen LogP contribution in [0.25, 0.3) is 0 Å². The Hall–Kier alpha value is -1.74. The van der Waals surface area contributed by atoms with Crippen molar-refractivity contribution in [1.29, 1.82) is 0 Å². The number of halogens is 3. The lowest BCUT2D eigenvalue weighted by Gasteiger charge is -2.37. The van der Waals surface area contributed by atoms with Crippen LogP contribution in [-0.4, -0.2) is 32.9 Å². The molecule has 5 nitrogen and oxygen atoms in total. The lowest BCUT2D eigenvalue weighted by Crippen LogP contribution is -2.46. The summed E-state index contributed by atoms with van der Waals surface area (Å²) >= 11 is 6.05. The Kier molecular flexibility index (Phi) is 6.00. The van der Waals surface area contributed by atoms with E-state index in [0.717, 1.165) is 29.4 Å². The summed E-state index contributed by atoms with van der Waals surface area (Å²) in [5, 5.41) is 3.43. The highest BCUT2D eigenvalue weighted by molar-refractivity contribution is 7.90. The third kappa shape index (κ3) is 3.94. The fourth-order valence-corrected chi connectivity index (χ4v) is 5.01. The second-order valence-electron chi connectivity index (χ2n) is 6.26. The van der Waals surface area contributed by atoms with Gasteiger partial charge in [0.1, 0.15) is 5.69 Å². The van der Waals surface area contributed by atoms with Crippen LogP contribution in [-0.2, 0) is 16.8 Å². The van der Waals surface area contributed by atoms with Gasteiger partial charge in [-0.1, -0.05) is 17.7 Å². The quantitative estimate of drug-likeness (QED) is 0.730. The summed E-state index contributed by atoms with van der Waals surface area (Å²) < 4.78 is 57.2. The fraction of sp³-hybridized carbons (Fsp3) is 0.333. The van der Waals surface area contributed by atoms with Gasteiger partial charge in [-0.15, -0.1) is 0 Å². The maximum Gasteiger partial charge on any atom is 0.308 e. The first-order valence-electron chi connectivity index (χ1n) is 8.53. The van der Waals surface area contributed by atoms with Gasteiger partial charge in [-0.25, -0.2) is 13.1 Å². The second kappa shape index (κ2) is 8.10. The van der Waals surface area contributed by atoms with Gasteiger partial charge in [-0.05, 0) is 62.3 Å². The number of para-hydroxylation sites is 1. The molecule has 0 spiro atoms. The predicted octanol–water partition coefficient (Wildman–Crippen LogP) is 3.82. The van der Waals surface area contributed by atoms with Gasteiger partial charge in [0, 0.05) is 18.1 Å². The minimum Gasteiger partial charge on any atom is -0.320 e. The number of anilines is 2. The minimum atomic E-state index is -4.15. The maximum absolute atomic E-state index is 14.4. The summed E-state index contributed by atoms with van der Waals surface area (Å²) in [6, 6.07) is 7.87. The Labute approximate surface area is 162 Å². The van der Waals surface area contributed by atoms with Crippen molar-refractivity contribution in [1.82, 2.24) is 9.62 Å². The highest BCUT2D eigenvalue weighted by atomic mass is 35.5. The van der Waals surface area contributed by atoms with E-state index >= 15 is 0 Å². The average molecular weight is 416 g/mol. The third-order valence-electron chi connectivity index (χ3n) is 4.39. The molecule has 1 aliphatic heterocycles. The molecule has 27 heavy (non-hydrogen) atoms. The van der Waals surface area contributed by atoms with Crippen molar-refractivity contribution in [3.8, 4) is 0 Å².